The van der Waals surface area contributed by atoms with E-state index in [4.69, 9.17) is 0 Å². The second-order valence-electron chi connectivity index (χ2n) is 7.93. The van der Waals surface area contributed by atoms with E-state index < -0.39 is 8.07 Å². The van der Waals surface area contributed by atoms with Crippen molar-refractivity contribution in [1.82, 2.24) is 4.90 Å². The molecule has 2 aromatic rings. The van der Waals surface area contributed by atoms with Gasteiger partial charge in [0.15, 0.2) is 0 Å². The van der Waals surface area contributed by atoms with Crippen molar-refractivity contribution in [3.63, 3.8) is 0 Å². The van der Waals surface area contributed by atoms with Gasteiger partial charge in [-0.25, -0.2) is 0 Å². The molecule has 1 aliphatic heterocycles. The molecular formula is C22H29NSi. The Hall–Kier alpha value is -1.64. The Kier molecular flexibility index (Phi) is 5.37. The number of nitrogens with zero attached hydrogens (tertiary/aromatic N) is 1. The number of likely N-dealkylation sites (tertiary alicyclic amines) is 1. The highest BCUT2D eigenvalue weighted by Gasteiger charge is 2.27. The van der Waals surface area contributed by atoms with E-state index >= 15 is 0 Å². The minimum Gasteiger partial charge on any atom is -0.295 e. The summed E-state index contributed by atoms with van der Waals surface area (Å²) in [6.45, 7) is 10.8. The molecule has 1 nitrogen and oxygen atoms in total. The predicted molar refractivity (Wildman–Crippen MR) is 107 cm³/mol. The fourth-order valence-electron chi connectivity index (χ4n) is 3.81. The summed E-state index contributed by atoms with van der Waals surface area (Å²) in [4.78, 5) is 2.60. The van der Waals surface area contributed by atoms with Crippen LogP contribution >= 0.6 is 0 Å². The second-order valence-corrected chi connectivity index (χ2v) is 12.5. The summed E-state index contributed by atoms with van der Waals surface area (Å²) in [6.07, 6.45) is 0. The predicted octanol–water partition coefficient (Wildman–Crippen LogP) is 5.09. The van der Waals surface area contributed by atoms with Crippen LogP contribution in [-0.4, -0.2) is 26.1 Å². The number of hydrogen-bond acceptors (Lipinski definition) is 1. The molecule has 3 rings (SSSR count). The van der Waals surface area contributed by atoms with E-state index in [0.29, 0.717) is 5.92 Å². The summed E-state index contributed by atoms with van der Waals surface area (Å²) in [7, 11) is -1.36. The fourth-order valence-corrected chi connectivity index (χ4v) is 6.58. The molecule has 1 aliphatic rings. The lowest BCUT2D eigenvalue weighted by atomic mass is 10.1. The zero-order chi connectivity index (χ0) is 17.0. The van der Waals surface area contributed by atoms with Crippen LogP contribution in [0.1, 0.15) is 18.1 Å². The van der Waals surface area contributed by atoms with Gasteiger partial charge >= 0.3 is 0 Å². The van der Waals surface area contributed by atoms with Crippen molar-refractivity contribution in [1.29, 1.82) is 0 Å². The summed E-state index contributed by atoms with van der Waals surface area (Å²) in [5, 5.41) is 0. The monoisotopic (exact) mass is 335 g/mol. The number of rotatable bonds is 5. The standard InChI is InChI=1S/C22H29NSi/c1-19-14-23(15-20-10-6-4-7-11-20)16-22(19)18-24(2,3)17-21-12-8-5-9-13-21/h4-13,18-19H,14-17H2,1-3H3/b22-18+. The molecule has 0 N–H and O–H groups in total. The molecule has 0 aliphatic carbocycles. The first kappa shape index (κ1) is 17.2. The summed E-state index contributed by atoms with van der Waals surface area (Å²) in [6, 6.07) is 23.1. The van der Waals surface area contributed by atoms with Crippen LogP contribution in [0.4, 0.5) is 0 Å². The quantitative estimate of drug-likeness (QED) is 0.688. The van der Waals surface area contributed by atoms with Gasteiger partial charge in [-0.15, -0.1) is 0 Å². The third-order valence-electron chi connectivity index (χ3n) is 4.90. The maximum Gasteiger partial charge on any atom is 0.0760 e. The lowest BCUT2D eigenvalue weighted by molar-refractivity contribution is 0.322. The van der Waals surface area contributed by atoms with Gasteiger partial charge in [0.25, 0.3) is 0 Å². The Balaban J connectivity index is 1.66. The Morgan fingerprint density at radius 2 is 1.54 bits per heavy atom. The van der Waals surface area contributed by atoms with Crippen molar-refractivity contribution in [2.75, 3.05) is 13.1 Å². The van der Waals surface area contributed by atoms with Gasteiger partial charge in [0.05, 0.1) is 8.07 Å². The lowest BCUT2D eigenvalue weighted by Gasteiger charge is -2.20. The first-order valence-electron chi connectivity index (χ1n) is 9.04. The van der Waals surface area contributed by atoms with E-state index in [2.05, 4.69) is 91.3 Å². The highest BCUT2D eigenvalue weighted by atomic mass is 28.3. The molecule has 0 radical (unpaired) electrons. The van der Waals surface area contributed by atoms with Crippen molar-refractivity contribution >= 4 is 8.07 Å². The van der Waals surface area contributed by atoms with E-state index in [9.17, 15) is 0 Å². The van der Waals surface area contributed by atoms with Crippen molar-refractivity contribution < 1.29 is 0 Å². The van der Waals surface area contributed by atoms with Crippen LogP contribution in [0, 0.1) is 5.92 Å². The first-order chi connectivity index (χ1) is 11.5. The van der Waals surface area contributed by atoms with E-state index in [1.165, 1.54) is 23.7 Å². The highest BCUT2D eigenvalue weighted by molar-refractivity contribution is 6.81. The van der Waals surface area contributed by atoms with Crippen LogP contribution < -0.4 is 0 Å². The van der Waals surface area contributed by atoms with Gasteiger partial charge < -0.3 is 0 Å². The van der Waals surface area contributed by atoms with Crippen LogP contribution in [0.15, 0.2) is 71.9 Å². The first-order valence-corrected chi connectivity index (χ1v) is 12.3. The van der Waals surface area contributed by atoms with Gasteiger partial charge in [-0.1, -0.05) is 97.5 Å². The minimum absolute atomic E-state index is 0.691. The Morgan fingerprint density at radius 3 is 2.17 bits per heavy atom. The molecule has 24 heavy (non-hydrogen) atoms. The van der Waals surface area contributed by atoms with Crippen molar-refractivity contribution in [3.05, 3.63) is 83.1 Å². The SMILES string of the molecule is CC1CN(Cc2ccccc2)C/C1=C\[Si](C)(C)Cc1ccccc1. The molecule has 0 aromatic heterocycles. The van der Waals surface area contributed by atoms with Gasteiger partial charge in [0.1, 0.15) is 0 Å². The number of benzene rings is 2. The van der Waals surface area contributed by atoms with Crippen LogP contribution in [-0.2, 0) is 12.6 Å². The van der Waals surface area contributed by atoms with Crippen LogP contribution in [0.2, 0.25) is 13.1 Å². The van der Waals surface area contributed by atoms with E-state index in [-0.39, 0.29) is 0 Å². The largest absolute Gasteiger partial charge is 0.295 e. The molecule has 1 saturated heterocycles. The topological polar surface area (TPSA) is 3.24 Å². The van der Waals surface area contributed by atoms with Crippen molar-refractivity contribution in [2.24, 2.45) is 5.92 Å². The Morgan fingerprint density at radius 1 is 0.958 bits per heavy atom. The molecule has 1 heterocycles. The van der Waals surface area contributed by atoms with E-state index in [1.54, 1.807) is 5.57 Å². The Labute approximate surface area is 148 Å². The average molecular weight is 336 g/mol. The fraction of sp³-hybridized carbons (Fsp3) is 0.364. The summed E-state index contributed by atoms with van der Waals surface area (Å²) in [5.41, 5.74) is 7.25. The van der Waals surface area contributed by atoms with Gasteiger partial charge in [-0.3, -0.25) is 4.90 Å². The van der Waals surface area contributed by atoms with Gasteiger partial charge in [-0.05, 0) is 17.5 Å². The molecule has 1 atom stereocenters. The maximum atomic E-state index is 2.68. The summed E-state index contributed by atoms with van der Waals surface area (Å²) in [5.74, 6) is 0.691. The smallest absolute Gasteiger partial charge is 0.0760 e. The van der Waals surface area contributed by atoms with Crippen molar-refractivity contribution in [2.45, 2.75) is 32.6 Å². The average Bonchev–Trinajstić information content (AvgIpc) is 2.87. The van der Waals surface area contributed by atoms with Crippen LogP contribution in [0.3, 0.4) is 0 Å². The molecular weight excluding hydrogens is 306 g/mol. The molecule has 0 saturated carbocycles. The molecule has 1 unspecified atom stereocenters. The normalized spacial score (nSPS) is 20.6. The zero-order valence-corrected chi connectivity index (χ0v) is 16.2. The molecule has 0 amide bonds. The molecule has 2 aromatic carbocycles. The summed E-state index contributed by atoms with van der Waals surface area (Å²) >= 11 is 0. The molecule has 0 spiro atoms. The van der Waals surface area contributed by atoms with Crippen molar-refractivity contribution in [3.8, 4) is 0 Å². The summed E-state index contributed by atoms with van der Waals surface area (Å²) < 4.78 is 0. The molecule has 1 fully saturated rings. The Bertz CT molecular complexity index is 676. The molecule has 0 bridgehead atoms. The molecule has 126 valence electrons. The van der Waals surface area contributed by atoms with E-state index in [0.717, 1.165) is 13.1 Å². The third kappa shape index (κ3) is 4.68. The van der Waals surface area contributed by atoms with Gasteiger partial charge in [0, 0.05) is 19.6 Å². The van der Waals surface area contributed by atoms with Gasteiger partial charge in [-0.2, -0.15) is 0 Å². The van der Waals surface area contributed by atoms with Gasteiger partial charge in [0.2, 0.25) is 0 Å². The maximum absolute atomic E-state index is 2.68. The second kappa shape index (κ2) is 7.50. The van der Waals surface area contributed by atoms with E-state index in [1.807, 2.05) is 0 Å². The van der Waals surface area contributed by atoms with Crippen LogP contribution in [0.25, 0.3) is 0 Å². The number of hydrogen-bond donors (Lipinski definition) is 0. The van der Waals surface area contributed by atoms with Crippen LogP contribution in [0.5, 0.6) is 0 Å². The molecule has 2 heteroatoms. The lowest BCUT2D eigenvalue weighted by Crippen LogP contribution is -2.28. The zero-order valence-electron chi connectivity index (χ0n) is 15.2. The highest BCUT2D eigenvalue weighted by Crippen LogP contribution is 2.26. The minimum atomic E-state index is -1.36. The third-order valence-corrected chi connectivity index (χ3v) is 7.37.